The van der Waals surface area contributed by atoms with Crippen LogP contribution in [0.1, 0.15) is 5.56 Å². The molecule has 0 fully saturated rings. The van der Waals surface area contributed by atoms with E-state index in [0.717, 1.165) is 5.56 Å². The number of nitrogen functional groups attached to an aromatic ring is 1. The SMILES string of the molecule is C=CCOc1ncc(N)cc1C. The van der Waals surface area contributed by atoms with Gasteiger partial charge in [-0.1, -0.05) is 12.7 Å². The molecule has 0 aromatic carbocycles. The predicted octanol–water partition coefficient (Wildman–Crippen LogP) is 1.54. The minimum Gasteiger partial charge on any atom is -0.473 e. The Morgan fingerprint density at radius 1 is 1.75 bits per heavy atom. The Balaban J connectivity index is 2.78. The summed E-state index contributed by atoms with van der Waals surface area (Å²) < 4.78 is 5.26. The van der Waals surface area contributed by atoms with Gasteiger partial charge in [-0.2, -0.15) is 0 Å². The van der Waals surface area contributed by atoms with Crippen LogP contribution in [0.3, 0.4) is 0 Å². The largest absolute Gasteiger partial charge is 0.473 e. The number of ether oxygens (including phenoxy) is 1. The van der Waals surface area contributed by atoms with Crippen molar-refractivity contribution in [3.8, 4) is 5.88 Å². The second-order valence-corrected chi connectivity index (χ2v) is 2.49. The fourth-order valence-electron chi connectivity index (χ4n) is 0.873. The lowest BCUT2D eigenvalue weighted by Gasteiger charge is -2.05. The Morgan fingerprint density at radius 3 is 3.08 bits per heavy atom. The molecular formula is C9H12N2O. The number of hydrogen-bond acceptors (Lipinski definition) is 3. The van der Waals surface area contributed by atoms with E-state index >= 15 is 0 Å². The van der Waals surface area contributed by atoms with Gasteiger partial charge in [0, 0.05) is 5.56 Å². The average molecular weight is 164 g/mol. The summed E-state index contributed by atoms with van der Waals surface area (Å²) in [4.78, 5) is 4.02. The number of hydrogen-bond donors (Lipinski definition) is 1. The summed E-state index contributed by atoms with van der Waals surface area (Å²) in [5.41, 5.74) is 7.11. The molecule has 3 heteroatoms. The highest BCUT2D eigenvalue weighted by Crippen LogP contribution is 2.15. The first-order valence-electron chi connectivity index (χ1n) is 3.70. The molecule has 1 aromatic heterocycles. The number of anilines is 1. The monoisotopic (exact) mass is 164 g/mol. The van der Waals surface area contributed by atoms with Crippen LogP contribution in [-0.2, 0) is 0 Å². The van der Waals surface area contributed by atoms with Crippen LogP contribution in [0.4, 0.5) is 5.69 Å². The maximum absolute atomic E-state index is 5.52. The van der Waals surface area contributed by atoms with Gasteiger partial charge in [0.05, 0.1) is 11.9 Å². The maximum Gasteiger partial charge on any atom is 0.216 e. The van der Waals surface area contributed by atoms with Crippen molar-refractivity contribution in [2.45, 2.75) is 6.92 Å². The lowest BCUT2D eigenvalue weighted by molar-refractivity contribution is 0.346. The molecule has 64 valence electrons. The van der Waals surface area contributed by atoms with E-state index in [1.165, 1.54) is 0 Å². The van der Waals surface area contributed by atoms with Crippen LogP contribution >= 0.6 is 0 Å². The van der Waals surface area contributed by atoms with Crippen LogP contribution in [0.5, 0.6) is 5.88 Å². The van der Waals surface area contributed by atoms with E-state index in [9.17, 15) is 0 Å². The number of aryl methyl sites for hydroxylation is 1. The van der Waals surface area contributed by atoms with Crippen LogP contribution in [-0.4, -0.2) is 11.6 Å². The summed E-state index contributed by atoms with van der Waals surface area (Å²) in [6.45, 7) is 5.92. The number of rotatable bonds is 3. The molecule has 0 aliphatic carbocycles. The molecule has 1 aromatic rings. The van der Waals surface area contributed by atoms with Gasteiger partial charge in [0.2, 0.25) is 5.88 Å². The summed E-state index contributed by atoms with van der Waals surface area (Å²) in [5.74, 6) is 0.615. The normalized spacial score (nSPS) is 9.42. The third-order valence-electron chi connectivity index (χ3n) is 1.39. The first-order chi connectivity index (χ1) is 5.74. The zero-order valence-corrected chi connectivity index (χ0v) is 7.08. The van der Waals surface area contributed by atoms with Gasteiger partial charge in [-0.15, -0.1) is 0 Å². The summed E-state index contributed by atoms with van der Waals surface area (Å²) in [6, 6.07) is 1.82. The molecular weight excluding hydrogens is 152 g/mol. The second kappa shape index (κ2) is 3.76. The molecule has 0 saturated carbocycles. The van der Waals surface area contributed by atoms with Crippen LogP contribution < -0.4 is 10.5 Å². The van der Waals surface area contributed by atoms with Gasteiger partial charge in [0.15, 0.2) is 0 Å². The molecule has 0 unspecified atom stereocenters. The van der Waals surface area contributed by atoms with Gasteiger partial charge >= 0.3 is 0 Å². The predicted molar refractivity (Wildman–Crippen MR) is 49.1 cm³/mol. The molecule has 2 N–H and O–H groups in total. The molecule has 0 spiro atoms. The van der Waals surface area contributed by atoms with E-state index in [-0.39, 0.29) is 0 Å². The Morgan fingerprint density at radius 2 is 2.50 bits per heavy atom. The molecule has 1 rings (SSSR count). The number of nitrogens with two attached hydrogens (primary N) is 1. The van der Waals surface area contributed by atoms with Crippen LogP contribution in [0.15, 0.2) is 24.9 Å². The van der Waals surface area contributed by atoms with Gasteiger partial charge in [-0.05, 0) is 13.0 Å². The minimum absolute atomic E-state index is 0.470. The summed E-state index contributed by atoms with van der Waals surface area (Å²) in [6.07, 6.45) is 3.25. The van der Waals surface area contributed by atoms with Crippen molar-refractivity contribution in [1.82, 2.24) is 4.98 Å². The van der Waals surface area contributed by atoms with Crippen molar-refractivity contribution in [1.29, 1.82) is 0 Å². The molecule has 0 bridgehead atoms. The Bertz CT molecular complexity index is 284. The standard InChI is InChI=1S/C9H12N2O/c1-3-4-12-9-7(2)5-8(10)6-11-9/h3,5-6H,1,4,10H2,2H3. The highest BCUT2D eigenvalue weighted by atomic mass is 16.5. The van der Waals surface area contributed by atoms with Gasteiger partial charge in [-0.3, -0.25) is 0 Å². The zero-order chi connectivity index (χ0) is 8.97. The third kappa shape index (κ3) is 1.99. The van der Waals surface area contributed by atoms with Gasteiger partial charge in [-0.25, -0.2) is 4.98 Å². The van der Waals surface area contributed by atoms with Crippen molar-refractivity contribution in [2.24, 2.45) is 0 Å². The van der Waals surface area contributed by atoms with E-state index in [1.807, 2.05) is 13.0 Å². The summed E-state index contributed by atoms with van der Waals surface area (Å²) in [5, 5.41) is 0. The van der Waals surface area contributed by atoms with Crippen molar-refractivity contribution in [3.05, 3.63) is 30.5 Å². The van der Waals surface area contributed by atoms with Crippen molar-refractivity contribution >= 4 is 5.69 Å². The fourth-order valence-corrected chi connectivity index (χ4v) is 0.873. The van der Waals surface area contributed by atoms with Crippen molar-refractivity contribution in [3.63, 3.8) is 0 Å². The second-order valence-electron chi connectivity index (χ2n) is 2.49. The summed E-state index contributed by atoms with van der Waals surface area (Å²) in [7, 11) is 0. The minimum atomic E-state index is 0.470. The maximum atomic E-state index is 5.52. The molecule has 0 amide bonds. The number of aromatic nitrogens is 1. The van der Waals surface area contributed by atoms with Crippen LogP contribution in [0.2, 0.25) is 0 Å². The highest BCUT2D eigenvalue weighted by molar-refractivity contribution is 5.41. The Hall–Kier alpha value is -1.51. The summed E-state index contributed by atoms with van der Waals surface area (Å²) >= 11 is 0. The number of nitrogens with zero attached hydrogens (tertiary/aromatic N) is 1. The highest BCUT2D eigenvalue weighted by Gasteiger charge is 1.99. The Labute approximate surface area is 71.9 Å². The van der Waals surface area contributed by atoms with Crippen molar-refractivity contribution < 1.29 is 4.74 Å². The molecule has 0 aliphatic heterocycles. The van der Waals surface area contributed by atoms with Gasteiger partial charge in [0.25, 0.3) is 0 Å². The van der Waals surface area contributed by atoms with Crippen LogP contribution in [0.25, 0.3) is 0 Å². The molecule has 0 radical (unpaired) electrons. The lowest BCUT2D eigenvalue weighted by Crippen LogP contribution is -1.98. The molecule has 0 saturated heterocycles. The van der Waals surface area contributed by atoms with E-state index in [2.05, 4.69) is 11.6 Å². The van der Waals surface area contributed by atoms with Gasteiger partial charge < -0.3 is 10.5 Å². The first kappa shape index (κ1) is 8.59. The number of pyridine rings is 1. The smallest absolute Gasteiger partial charge is 0.216 e. The fraction of sp³-hybridized carbons (Fsp3) is 0.222. The van der Waals surface area contributed by atoms with Gasteiger partial charge in [0.1, 0.15) is 6.61 Å². The molecule has 0 atom stereocenters. The average Bonchev–Trinajstić information content (AvgIpc) is 2.03. The molecule has 12 heavy (non-hydrogen) atoms. The van der Waals surface area contributed by atoms with Crippen molar-refractivity contribution in [2.75, 3.05) is 12.3 Å². The van der Waals surface area contributed by atoms with E-state index in [0.29, 0.717) is 18.2 Å². The van der Waals surface area contributed by atoms with E-state index < -0.39 is 0 Å². The topological polar surface area (TPSA) is 48.1 Å². The first-order valence-corrected chi connectivity index (χ1v) is 3.70. The Kier molecular flexibility index (Phi) is 2.69. The third-order valence-corrected chi connectivity index (χ3v) is 1.39. The van der Waals surface area contributed by atoms with Crippen LogP contribution in [0, 0.1) is 6.92 Å². The molecule has 1 heterocycles. The van der Waals surface area contributed by atoms with E-state index in [4.69, 9.17) is 10.5 Å². The van der Waals surface area contributed by atoms with E-state index in [1.54, 1.807) is 12.3 Å². The molecule has 3 nitrogen and oxygen atoms in total. The quantitative estimate of drug-likeness (QED) is 0.689. The molecule has 0 aliphatic rings. The lowest BCUT2D eigenvalue weighted by atomic mass is 10.3. The zero-order valence-electron chi connectivity index (χ0n) is 7.08.